The maximum Gasteiger partial charge on any atom is 0.261 e. The Morgan fingerprint density at radius 3 is 2.05 bits per heavy atom. The average Bonchev–Trinajstić information content (AvgIpc) is 3.25. The van der Waals surface area contributed by atoms with Crippen molar-refractivity contribution in [3.63, 3.8) is 0 Å². The normalized spacial score (nSPS) is 35.0. The van der Waals surface area contributed by atoms with Gasteiger partial charge in [-0.05, 0) is 94.4 Å². The van der Waals surface area contributed by atoms with Crippen molar-refractivity contribution in [2.75, 3.05) is 13.2 Å². The maximum atomic E-state index is 10.7. The summed E-state index contributed by atoms with van der Waals surface area (Å²) in [7, 11) is -2.63. The fraction of sp³-hybridized carbons (Fsp3) is 0.622. The van der Waals surface area contributed by atoms with E-state index >= 15 is 0 Å². The number of hydrogen-bond donors (Lipinski definition) is 1. The number of aliphatic hydroxyl groups is 1. The van der Waals surface area contributed by atoms with Crippen molar-refractivity contribution in [1.82, 2.24) is 0 Å². The van der Waals surface area contributed by atoms with E-state index < -0.39 is 8.32 Å². The first kappa shape index (κ1) is 29.8. The van der Waals surface area contributed by atoms with E-state index in [2.05, 4.69) is 109 Å². The van der Waals surface area contributed by atoms with Crippen LogP contribution in [0.25, 0.3) is 0 Å². The second-order valence-corrected chi connectivity index (χ2v) is 19.5. The van der Waals surface area contributed by atoms with Crippen molar-refractivity contribution in [3.8, 4) is 0 Å². The summed E-state index contributed by atoms with van der Waals surface area (Å²) < 4.78 is 7.70. The van der Waals surface area contributed by atoms with E-state index in [0.717, 1.165) is 19.4 Å². The highest BCUT2D eigenvalue weighted by Gasteiger charge is 2.58. The highest BCUT2D eigenvalue weighted by Crippen LogP contribution is 2.64. The molecule has 0 heterocycles. The molecule has 0 unspecified atom stereocenters. The van der Waals surface area contributed by atoms with Crippen molar-refractivity contribution in [3.05, 3.63) is 72.8 Å². The van der Waals surface area contributed by atoms with Crippen LogP contribution in [0.5, 0.6) is 0 Å². The summed E-state index contributed by atoms with van der Waals surface area (Å²) in [5, 5.41) is 13.4. The van der Waals surface area contributed by atoms with Gasteiger partial charge < -0.3 is 9.53 Å². The molecule has 3 fully saturated rings. The molecule has 7 atom stereocenters. The van der Waals surface area contributed by atoms with Gasteiger partial charge in [0, 0.05) is 13.2 Å². The van der Waals surface area contributed by atoms with Crippen LogP contribution in [0.1, 0.15) is 86.5 Å². The van der Waals surface area contributed by atoms with Crippen LogP contribution in [0.3, 0.4) is 0 Å². The van der Waals surface area contributed by atoms with Gasteiger partial charge in [-0.2, -0.15) is 0 Å². The molecular weight excluding hydrogens is 504 g/mol. The molecule has 3 aliphatic carbocycles. The van der Waals surface area contributed by atoms with Crippen molar-refractivity contribution in [1.29, 1.82) is 0 Å². The number of allylic oxidation sites excluding steroid dienone is 1. The van der Waals surface area contributed by atoms with Gasteiger partial charge in [0.05, 0.1) is 0 Å². The fourth-order valence-electron chi connectivity index (χ4n) is 9.63. The summed E-state index contributed by atoms with van der Waals surface area (Å²) in [6, 6.07) is 22.3. The van der Waals surface area contributed by atoms with Crippen LogP contribution in [0.15, 0.2) is 72.8 Å². The first-order valence-electron chi connectivity index (χ1n) is 16.0. The van der Waals surface area contributed by atoms with Gasteiger partial charge in [0.25, 0.3) is 8.32 Å². The highest BCUT2D eigenvalue weighted by molar-refractivity contribution is 6.99. The Balaban J connectivity index is 1.59. The van der Waals surface area contributed by atoms with E-state index in [1.54, 1.807) is 0 Å². The fourth-order valence-corrected chi connectivity index (χ4v) is 14.2. The largest absolute Gasteiger partial charge is 0.407 e. The minimum atomic E-state index is -2.63. The molecule has 0 aliphatic heterocycles. The zero-order valence-electron chi connectivity index (χ0n) is 26.1. The molecule has 3 heteroatoms. The Bertz CT molecular complexity index is 1110. The van der Waals surface area contributed by atoms with Crippen molar-refractivity contribution >= 4 is 18.7 Å². The van der Waals surface area contributed by atoms with E-state index in [1.165, 1.54) is 48.1 Å². The zero-order valence-corrected chi connectivity index (χ0v) is 27.1. The lowest BCUT2D eigenvalue weighted by molar-refractivity contribution is -0.0908. The molecule has 0 amide bonds. The Labute approximate surface area is 245 Å². The van der Waals surface area contributed by atoms with E-state index in [4.69, 9.17) is 4.43 Å². The maximum absolute atomic E-state index is 10.7. The molecule has 40 heavy (non-hydrogen) atoms. The van der Waals surface area contributed by atoms with E-state index in [-0.39, 0.29) is 15.9 Å². The van der Waals surface area contributed by atoms with E-state index in [0.29, 0.717) is 36.2 Å². The Morgan fingerprint density at radius 2 is 1.50 bits per heavy atom. The molecule has 0 saturated heterocycles. The minimum Gasteiger partial charge on any atom is -0.407 e. The number of benzene rings is 2. The zero-order chi connectivity index (χ0) is 28.8. The number of fused-ring (bicyclic) bond motifs is 1. The third-order valence-electron chi connectivity index (χ3n) is 12.2. The molecular formula is C37H54O2Si. The Morgan fingerprint density at radius 1 is 0.900 bits per heavy atom. The third kappa shape index (κ3) is 4.88. The van der Waals surface area contributed by atoms with Gasteiger partial charge >= 0.3 is 0 Å². The van der Waals surface area contributed by atoms with Gasteiger partial charge in [-0.25, -0.2) is 0 Å². The van der Waals surface area contributed by atoms with Crippen LogP contribution in [0, 0.1) is 40.4 Å². The molecule has 2 aromatic rings. The average molecular weight is 559 g/mol. The van der Waals surface area contributed by atoms with Crippen LogP contribution in [0.2, 0.25) is 5.04 Å². The van der Waals surface area contributed by atoms with Crippen molar-refractivity contribution < 1.29 is 9.53 Å². The molecule has 3 saturated carbocycles. The minimum absolute atomic E-state index is 0.0275. The smallest absolute Gasteiger partial charge is 0.261 e. The highest BCUT2D eigenvalue weighted by atomic mass is 28.4. The topological polar surface area (TPSA) is 29.5 Å². The standard InChI is InChI=1S/C37H54O2Si/c1-27-20-22-37(7,29(24-27)25-38)34-21-23-36(6)28(2)18-19-33(36)32(34)26-39-40(35(3,4)5,30-14-10-8-11-15-30)31-16-12-9-13-17-31/h8-17,27,29,32-34,38H,2,18-26H2,1,3-7H3/t27-,29+,32-,33-,34-,36+,37-/m0/s1. The summed E-state index contributed by atoms with van der Waals surface area (Å²) in [5.74, 6) is 2.74. The molecule has 1 N–H and O–H groups in total. The Hall–Kier alpha value is -1.68. The van der Waals surface area contributed by atoms with Gasteiger partial charge in [-0.1, -0.05) is 121 Å². The molecule has 218 valence electrons. The summed E-state index contributed by atoms with van der Waals surface area (Å²) in [4.78, 5) is 0. The molecule has 0 radical (unpaired) electrons. The van der Waals surface area contributed by atoms with Crippen LogP contribution >= 0.6 is 0 Å². The van der Waals surface area contributed by atoms with Gasteiger partial charge in [-0.3, -0.25) is 0 Å². The summed E-state index contributed by atoms with van der Waals surface area (Å²) in [5.41, 5.74) is 1.84. The lowest BCUT2D eigenvalue weighted by atomic mass is 9.49. The summed E-state index contributed by atoms with van der Waals surface area (Å²) >= 11 is 0. The summed E-state index contributed by atoms with van der Waals surface area (Å²) in [6.07, 6.45) is 8.50. The third-order valence-corrected chi connectivity index (χ3v) is 17.2. The SMILES string of the molecule is C=C1CC[C@H]2[C@H](CO[Si](c3ccccc3)(c3ccccc3)C(C)(C)C)[C@@H]([C@@]3(C)CC[C@H](C)C[C@@H]3CO)CC[C@]12C. The first-order valence-corrected chi connectivity index (χ1v) is 17.9. The van der Waals surface area contributed by atoms with Gasteiger partial charge in [0.15, 0.2) is 0 Å². The van der Waals surface area contributed by atoms with E-state index in [1.807, 2.05) is 0 Å². The quantitative estimate of drug-likeness (QED) is 0.276. The van der Waals surface area contributed by atoms with Gasteiger partial charge in [0.1, 0.15) is 0 Å². The Kier molecular flexibility index (Phi) is 8.34. The van der Waals surface area contributed by atoms with Gasteiger partial charge in [-0.15, -0.1) is 0 Å². The van der Waals surface area contributed by atoms with Crippen LogP contribution < -0.4 is 10.4 Å². The van der Waals surface area contributed by atoms with Crippen LogP contribution in [-0.2, 0) is 4.43 Å². The monoisotopic (exact) mass is 558 g/mol. The van der Waals surface area contributed by atoms with Crippen molar-refractivity contribution in [2.45, 2.75) is 91.5 Å². The summed E-state index contributed by atoms with van der Waals surface area (Å²) in [6.45, 7) is 20.3. The predicted octanol–water partition coefficient (Wildman–Crippen LogP) is 8.00. The second-order valence-electron chi connectivity index (χ2n) is 15.2. The van der Waals surface area contributed by atoms with Crippen LogP contribution in [-0.4, -0.2) is 26.6 Å². The molecule has 0 aromatic heterocycles. The first-order chi connectivity index (χ1) is 19.0. The van der Waals surface area contributed by atoms with E-state index in [9.17, 15) is 5.11 Å². The molecule has 5 rings (SSSR count). The molecule has 2 nitrogen and oxygen atoms in total. The molecule has 3 aliphatic rings. The predicted molar refractivity (Wildman–Crippen MR) is 171 cm³/mol. The van der Waals surface area contributed by atoms with Crippen LogP contribution in [0.4, 0.5) is 0 Å². The lowest BCUT2D eigenvalue weighted by Gasteiger charge is -2.57. The number of aliphatic hydroxyl groups excluding tert-OH is 1. The van der Waals surface area contributed by atoms with Gasteiger partial charge in [0.2, 0.25) is 0 Å². The molecule has 0 bridgehead atoms. The number of rotatable bonds is 7. The molecule has 0 spiro atoms. The number of hydrogen-bond acceptors (Lipinski definition) is 2. The second kappa shape index (κ2) is 11.2. The lowest BCUT2D eigenvalue weighted by Crippen LogP contribution is -2.67. The molecule has 2 aromatic carbocycles. The van der Waals surface area contributed by atoms with Crippen molar-refractivity contribution in [2.24, 2.45) is 40.4 Å².